The molecule has 0 unspecified atom stereocenters. The summed E-state index contributed by atoms with van der Waals surface area (Å²) < 4.78 is 26.7. The summed E-state index contributed by atoms with van der Waals surface area (Å²) >= 11 is 1.60. The number of anilines is 1. The van der Waals surface area contributed by atoms with Gasteiger partial charge in [0.15, 0.2) is 0 Å². The van der Waals surface area contributed by atoms with Crippen molar-refractivity contribution >= 4 is 27.5 Å². The molecule has 1 aromatic rings. The number of pyridine rings is 1. The van der Waals surface area contributed by atoms with Gasteiger partial charge in [-0.05, 0) is 18.7 Å². The molecule has 0 amide bonds. The van der Waals surface area contributed by atoms with E-state index in [0.717, 1.165) is 18.7 Å². The minimum absolute atomic E-state index is 0.208. The number of aromatic nitrogens is 1. The van der Waals surface area contributed by atoms with Crippen molar-refractivity contribution in [1.82, 2.24) is 9.71 Å². The van der Waals surface area contributed by atoms with Crippen molar-refractivity contribution < 1.29 is 8.42 Å². The molecule has 0 aliphatic heterocycles. The van der Waals surface area contributed by atoms with Crippen molar-refractivity contribution in [3.05, 3.63) is 18.5 Å². The van der Waals surface area contributed by atoms with Gasteiger partial charge in [-0.3, -0.25) is 4.98 Å². The molecule has 5 nitrogen and oxygen atoms in total. The first-order valence-electron chi connectivity index (χ1n) is 5.78. The van der Waals surface area contributed by atoms with Crippen LogP contribution in [-0.4, -0.2) is 38.5 Å². The van der Waals surface area contributed by atoms with E-state index in [1.54, 1.807) is 24.0 Å². The van der Waals surface area contributed by atoms with Crippen LogP contribution in [0.25, 0.3) is 0 Å². The molecule has 0 aliphatic rings. The third-order valence-electron chi connectivity index (χ3n) is 2.24. The number of hydrogen-bond donors (Lipinski definition) is 2. The highest BCUT2D eigenvalue weighted by molar-refractivity contribution is 7.98. The maximum Gasteiger partial charge on any atom is 0.244 e. The second-order valence-electron chi connectivity index (χ2n) is 3.69. The van der Waals surface area contributed by atoms with Gasteiger partial charge < -0.3 is 5.32 Å². The molecule has 1 rings (SSSR count). The average molecular weight is 289 g/mol. The molecule has 7 heteroatoms. The SMILES string of the molecule is CCCNc1ccncc1S(=O)(=O)NCCSC. The van der Waals surface area contributed by atoms with Gasteiger partial charge in [0.2, 0.25) is 10.0 Å². The molecule has 18 heavy (non-hydrogen) atoms. The first-order valence-corrected chi connectivity index (χ1v) is 8.66. The molecular weight excluding hydrogens is 270 g/mol. The highest BCUT2D eigenvalue weighted by atomic mass is 32.2. The van der Waals surface area contributed by atoms with Crippen molar-refractivity contribution in [1.29, 1.82) is 0 Å². The van der Waals surface area contributed by atoms with Crippen molar-refractivity contribution in [2.24, 2.45) is 0 Å². The first kappa shape index (κ1) is 15.3. The van der Waals surface area contributed by atoms with Crippen molar-refractivity contribution in [3.63, 3.8) is 0 Å². The lowest BCUT2D eigenvalue weighted by molar-refractivity contribution is 0.584. The van der Waals surface area contributed by atoms with E-state index in [-0.39, 0.29) is 4.90 Å². The molecule has 102 valence electrons. The molecular formula is C11H19N3O2S2. The van der Waals surface area contributed by atoms with E-state index in [1.165, 1.54) is 6.20 Å². The van der Waals surface area contributed by atoms with E-state index in [0.29, 0.717) is 12.2 Å². The van der Waals surface area contributed by atoms with Crippen LogP contribution in [0.5, 0.6) is 0 Å². The zero-order chi connectivity index (χ0) is 13.4. The van der Waals surface area contributed by atoms with Gasteiger partial charge in [-0.15, -0.1) is 0 Å². The normalized spacial score (nSPS) is 11.4. The summed E-state index contributed by atoms with van der Waals surface area (Å²) in [4.78, 5) is 4.09. The topological polar surface area (TPSA) is 71.1 Å². The van der Waals surface area contributed by atoms with Crippen LogP contribution in [0, 0.1) is 0 Å². The van der Waals surface area contributed by atoms with E-state index in [4.69, 9.17) is 0 Å². The Morgan fingerprint density at radius 3 is 2.83 bits per heavy atom. The highest BCUT2D eigenvalue weighted by Crippen LogP contribution is 2.19. The maximum absolute atomic E-state index is 12.1. The van der Waals surface area contributed by atoms with E-state index in [2.05, 4.69) is 15.0 Å². The molecule has 0 radical (unpaired) electrons. The van der Waals surface area contributed by atoms with E-state index >= 15 is 0 Å². The number of nitrogens with one attached hydrogen (secondary N) is 2. The summed E-state index contributed by atoms with van der Waals surface area (Å²) in [7, 11) is -3.48. The summed E-state index contributed by atoms with van der Waals surface area (Å²) in [6.07, 6.45) is 5.83. The molecule has 2 N–H and O–H groups in total. The van der Waals surface area contributed by atoms with Gasteiger partial charge in [-0.2, -0.15) is 11.8 Å². The van der Waals surface area contributed by atoms with Gasteiger partial charge in [-0.25, -0.2) is 13.1 Å². The summed E-state index contributed by atoms with van der Waals surface area (Å²) in [5, 5.41) is 3.10. The molecule has 0 bridgehead atoms. The summed E-state index contributed by atoms with van der Waals surface area (Å²) in [6.45, 7) is 3.18. The second kappa shape index (κ2) is 7.60. The summed E-state index contributed by atoms with van der Waals surface area (Å²) in [5.74, 6) is 0.747. The summed E-state index contributed by atoms with van der Waals surface area (Å²) in [6, 6.07) is 1.68. The van der Waals surface area contributed by atoms with Crippen LogP contribution in [0.4, 0.5) is 5.69 Å². The van der Waals surface area contributed by atoms with E-state index < -0.39 is 10.0 Å². The van der Waals surface area contributed by atoms with Gasteiger partial charge in [-0.1, -0.05) is 6.92 Å². The van der Waals surface area contributed by atoms with Crippen LogP contribution in [0.3, 0.4) is 0 Å². The van der Waals surface area contributed by atoms with Crippen LogP contribution in [0.1, 0.15) is 13.3 Å². The van der Waals surface area contributed by atoms with E-state index in [9.17, 15) is 8.42 Å². The fraction of sp³-hybridized carbons (Fsp3) is 0.545. The van der Waals surface area contributed by atoms with Crippen LogP contribution in [-0.2, 0) is 10.0 Å². The Kier molecular flexibility index (Phi) is 6.45. The van der Waals surface area contributed by atoms with Crippen molar-refractivity contribution in [2.45, 2.75) is 18.2 Å². The Morgan fingerprint density at radius 1 is 1.39 bits per heavy atom. The Bertz CT molecular complexity index is 463. The van der Waals surface area contributed by atoms with Crippen molar-refractivity contribution in [2.75, 3.05) is 30.4 Å². The largest absolute Gasteiger partial charge is 0.384 e. The van der Waals surface area contributed by atoms with E-state index in [1.807, 2.05) is 13.2 Å². The Balaban J connectivity index is 2.86. The van der Waals surface area contributed by atoms with Crippen LogP contribution >= 0.6 is 11.8 Å². The van der Waals surface area contributed by atoms with Gasteiger partial charge in [0.25, 0.3) is 0 Å². The molecule has 0 atom stereocenters. The zero-order valence-electron chi connectivity index (χ0n) is 10.6. The van der Waals surface area contributed by atoms with Gasteiger partial charge in [0.05, 0.1) is 5.69 Å². The first-order chi connectivity index (χ1) is 8.61. The standard InChI is InChI=1S/C11H19N3O2S2/c1-3-5-13-10-4-6-12-9-11(10)18(15,16)14-7-8-17-2/h4,6,9,14H,3,5,7-8H2,1-2H3,(H,12,13). The Morgan fingerprint density at radius 2 is 2.17 bits per heavy atom. The average Bonchev–Trinajstić information content (AvgIpc) is 2.37. The number of nitrogens with zero attached hydrogens (tertiary/aromatic N) is 1. The lowest BCUT2D eigenvalue weighted by Crippen LogP contribution is -2.27. The molecule has 0 spiro atoms. The Hall–Kier alpha value is -0.790. The maximum atomic E-state index is 12.1. The molecule has 0 saturated carbocycles. The quantitative estimate of drug-likeness (QED) is 0.710. The lowest BCUT2D eigenvalue weighted by Gasteiger charge is -2.11. The van der Waals surface area contributed by atoms with Crippen LogP contribution in [0.2, 0.25) is 0 Å². The molecule has 0 fully saturated rings. The third-order valence-corrected chi connectivity index (χ3v) is 4.34. The third kappa shape index (κ3) is 4.47. The smallest absolute Gasteiger partial charge is 0.244 e. The van der Waals surface area contributed by atoms with Crippen molar-refractivity contribution in [3.8, 4) is 0 Å². The predicted molar refractivity (Wildman–Crippen MR) is 76.6 cm³/mol. The molecule has 0 saturated heterocycles. The van der Waals surface area contributed by atoms with Gasteiger partial charge >= 0.3 is 0 Å². The van der Waals surface area contributed by atoms with Crippen LogP contribution < -0.4 is 10.0 Å². The minimum atomic E-state index is -3.48. The lowest BCUT2D eigenvalue weighted by atomic mass is 10.4. The fourth-order valence-corrected chi connectivity index (χ4v) is 2.95. The summed E-state index contributed by atoms with van der Waals surface area (Å²) in [5.41, 5.74) is 0.600. The number of sulfonamides is 1. The number of hydrogen-bond acceptors (Lipinski definition) is 5. The number of thioether (sulfide) groups is 1. The molecule has 0 aromatic carbocycles. The monoisotopic (exact) mass is 289 g/mol. The Labute approximate surface area is 113 Å². The zero-order valence-corrected chi connectivity index (χ0v) is 12.3. The molecule has 1 aromatic heterocycles. The molecule has 0 aliphatic carbocycles. The molecule has 1 heterocycles. The number of rotatable bonds is 8. The van der Waals surface area contributed by atoms with Gasteiger partial charge in [0, 0.05) is 31.2 Å². The second-order valence-corrected chi connectivity index (χ2v) is 6.41. The van der Waals surface area contributed by atoms with Gasteiger partial charge in [0.1, 0.15) is 4.90 Å². The van der Waals surface area contributed by atoms with Crippen LogP contribution in [0.15, 0.2) is 23.4 Å². The minimum Gasteiger partial charge on any atom is -0.384 e. The fourth-order valence-electron chi connectivity index (χ4n) is 1.36. The highest BCUT2D eigenvalue weighted by Gasteiger charge is 2.17. The predicted octanol–water partition coefficient (Wildman–Crippen LogP) is 1.54.